The minimum atomic E-state index is -0.722. The van der Waals surface area contributed by atoms with E-state index < -0.39 is 29.3 Å². The Hall–Kier alpha value is -2.51. The summed E-state index contributed by atoms with van der Waals surface area (Å²) in [6.07, 6.45) is 0.379. The average Bonchev–Trinajstić information content (AvgIpc) is 3.30. The van der Waals surface area contributed by atoms with Gasteiger partial charge in [-0.2, -0.15) is 0 Å². The van der Waals surface area contributed by atoms with E-state index in [9.17, 15) is 9.59 Å². The highest BCUT2D eigenvalue weighted by atomic mass is 35.5. The van der Waals surface area contributed by atoms with Gasteiger partial charge in [0.1, 0.15) is 17.6 Å². The van der Waals surface area contributed by atoms with Gasteiger partial charge in [-0.15, -0.1) is 23.2 Å². The molecule has 1 fully saturated rings. The van der Waals surface area contributed by atoms with Crippen LogP contribution < -0.4 is 9.64 Å². The summed E-state index contributed by atoms with van der Waals surface area (Å²) in [4.78, 5) is 28.6. The van der Waals surface area contributed by atoms with Crippen molar-refractivity contribution in [1.29, 1.82) is 0 Å². The third-order valence-corrected chi connectivity index (χ3v) is 6.84. The van der Waals surface area contributed by atoms with Gasteiger partial charge in [0.25, 0.3) is 5.91 Å². The van der Waals surface area contributed by atoms with E-state index in [0.717, 1.165) is 0 Å². The molecule has 5 unspecified atom stereocenters. The van der Waals surface area contributed by atoms with Crippen molar-refractivity contribution in [2.24, 2.45) is 5.92 Å². The number of rotatable bonds is 3. The number of anilines is 1. The van der Waals surface area contributed by atoms with Gasteiger partial charge in [0.15, 0.2) is 17.4 Å². The molecule has 1 amide bonds. The number of ketones is 1. The van der Waals surface area contributed by atoms with Crippen molar-refractivity contribution < 1.29 is 23.6 Å². The zero-order valence-electron chi connectivity index (χ0n) is 16.9. The summed E-state index contributed by atoms with van der Waals surface area (Å²) in [5, 5.41) is 3.35. The van der Waals surface area contributed by atoms with Gasteiger partial charge in [0, 0.05) is 11.4 Å². The van der Waals surface area contributed by atoms with Crippen LogP contribution in [0.5, 0.6) is 5.75 Å². The molecular weight excluding hydrogens is 443 g/mol. The van der Waals surface area contributed by atoms with Crippen molar-refractivity contribution in [2.45, 2.75) is 42.7 Å². The van der Waals surface area contributed by atoms with Crippen molar-refractivity contribution >= 4 is 40.7 Å². The first-order valence-corrected chi connectivity index (χ1v) is 10.9. The van der Waals surface area contributed by atoms with Crippen molar-refractivity contribution in [3.05, 3.63) is 53.0 Å². The van der Waals surface area contributed by atoms with Gasteiger partial charge < -0.3 is 14.0 Å². The lowest BCUT2D eigenvalue weighted by Gasteiger charge is -2.39. The van der Waals surface area contributed by atoms with Crippen LogP contribution in [-0.4, -0.2) is 40.8 Å². The Morgan fingerprint density at radius 1 is 1.19 bits per heavy atom. The minimum Gasteiger partial charge on any atom is -0.497 e. The molecule has 3 heterocycles. The normalized spacial score (nSPS) is 30.2. The fourth-order valence-electron chi connectivity index (χ4n) is 4.67. The maximum Gasteiger partial charge on any atom is 0.295 e. The highest BCUT2D eigenvalue weighted by Crippen LogP contribution is 2.49. The van der Waals surface area contributed by atoms with Gasteiger partial charge >= 0.3 is 0 Å². The van der Waals surface area contributed by atoms with E-state index in [4.69, 9.17) is 37.2 Å². The lowest BCUT2D eigenvalue weighted by molar-refractivity contribution is -0.131. The number of carbonyl (C=O) groups excluding carboxylic acids is 2. The number of Topliss-reactive ketones (excluding diaryl/α,β-unsaturated/α-hetero) is 1. The highest BCUT2D eigenvalue weighted by Gasteiger charge is 2.55. The Morgan fingerprint density at radius 2 is 2.00 bits per heavy atom. The number of aromatic nitrogens is 1. The van der Waals surface area contributed by atoms with Gasteiger partial charge in [-0.25, -0.2) is 0 Å². The topological polar surface area (TPSA) is 81.9 Å². The van der Waals surface area contributed by atoms with Crippen LogP contribution in [0.4, 0.5) is 5.82 Å². The molecule has 1 aromatic heterocycles. The summed E-state index contributed by atoms with van der Waals surface area (Å²) < 4.78 is 16.7. The van der Waals surface area contributed by atoms with Crippen LogP contribution in [0.15, 0.2) is 46.2 Å². The molecular formula is C22H20Cl2N2O5. The minimum absolute atomic E-state index is 0.0263. The maximum atomic E-state index is 13.7. The van der Waals surface area contributed by atoms with E-state index in [1.54, 1.807) is 32.2 Å². The predicted molar refractivity (Wildman–Crippen MR) is 113 cm³/mol. The molecule has 2 aliphatic heterocycles. The van der Waals surface area contributed by atoms with Crippen molar-refractivity contribution in [3.63, 3.8) is 0 Å². The number of methoxy groups -OCH3 is 1. The van der Waals surface area contributed by atoms with Gasteiger partial charge in [-0.05, 0) is 37.5 Å². The molecule has 0 bridgehead atoms. The summed E-state index contributed by atoms with van der Waals surface area (Å²) in [5.74, 6) is 0.379. The van der Waals surface area contributed by atoms with Crippen LogP contribution in [0, 0.1) is 12.8 Å². The third kappa shape index (κ3) is 3.22. The molecule has 0 spiro atoms. The Bertz CT molecular complexity index is 1100. The molecule has 0 radical (unpaired) electrons. The van der Waals surface area contributed by atoms with Crippen molar-refractivity contribution in [2.75, 3.05) is 12.0 Å². The van der Waals surface area contributed by atoms with Crippen LogP contribution in [0.1, 0.15) is 30.2 Å². The van der Waals surface area contributed by atoms with E-state index in [0.29, 0.717) is 41.3 Å². The van der Waals surface area contributed by atoms with E-state index in [1.165, 1.54) is 4.90 Å². The molecule has 1 saturated carbocycles. The molecule has 7 nitrogen and oxygen atoms in total. The molecule has 162 valence electrons. The Morgan fingerprint density at radius 3 is 2.71 bits per heavy atom. The number of halogens is 2. The number of fused-ring (bicyclic) bond motifs is 1. The van der Waals surface area contributed by atoms with E-state index in [1.807, 2.05) is 12.1 Å². The summed E-state index contributed by atoms with van der Waals surface area (Å²) in [6, 6.07) is 8.17. The molecule has 9 heteroatoms. The molecule has 5 atom stereocenters. The van der Waals surface area contributed by atoms with Gasteiger partial charge in [0.2, 0.25) is 0 Å². The summed E-state index contributed by atoms with van der Waals surface area (Å²) in [5.41, 5.74) is 1.00. The predicted octanol–water partition coefficient (Wildman–Crippen LogP) is 3.93. The number of amides is 1. The largest absolute Gasteiger partial charge is 0.497 e. The molecule has 31 heavy (non-hydrogen) atoms. The fourth-order valence-corrected chi connectivity index (χ4v) is 5.59. The third-order valence-electron chi connectivity index (χ3n) is 6.06. The second-order valence-electron chi connectivity index (χ2n) is 8.03. The molecule has 0 saturated heterocycles. The number of carbonyl (C=O) groups is 2. The highest BCUT2D eigenvalue weighted by molar-refractivity contribution is 6.25. The second kappa shape index (κ2) is 7.57. The maximum absolute atomic E-state index is 13.7. The zero-order valence-corrected chi connectivity index (χ0v) is 18.4. The first-order valence-electron chi connectivity index (χ1n) is 10.0. The quantitative estimate of drug-likeness (QED) is 0.642. The first kappa shape index (κ1) is 20.4. The molecule has 2 aromatic rings. The van der Waals surface area contributed by atoms with Crippen molar-refractivity contribution in [3.8, 4) is 5.75 Å². The molecule has 1 aliphatic carbocycles. The van der Waals surface area contributed by atoms with Crippen LogP contribution in [-0.2, 0) is 14.3 Å². The van der Waals surface area contributed by atoms with Gasteiger partial charge in [0.05, 0.1) is 30.0 Å². The van der Waals surface area contributed by atoms with Crippen LogP contribution >= 0.6 is 23.2 Å². The Labute approximate surface area is 188 Å². The molecule has 0 N–H and O–H groups in total. The smallest absolute Gasteiger partial charge is 0.295 e. The Balaban J connectivity index is 1.66. The molecule has 1 aromatic carbocycles. The van der Waals surface area contributed by atoms with Crippen LogP contribution in [0.2, 0.25) is 0 Å². The number of alkyl halides is 2. The summed E-state index contributed by atoms with van der Waals surface area (Å²) in [6.45, 7) is 1.74. The molecule has 5 rings (SSSR count). The fraction of sp³-hybridized carbons (Fsp3) is 0.409. The Kier molecular flexibility index (Phi) is 4.98. The van der Waals surface area contributed by atoms with Gasteiger partial charge in [-0.3, -0.25) is 14.5 Å². The number of ether oxygens (including phenoxy) is 2. The second-order valence-corrected chi connectivity index (χ2v) is 9.21. The standard InChI is InChI=1S/C22H20Cl2N2O5/c1-10-6-16(25-31-10)26-18(11-4-3-5-13(7-11)29-2)17-19(27)14-8-12(23)9-15(24)20(14)30-21(17)22(26)28/h3-7,12,14-15,18,20H,8-9H2,1-2H3. The van der Waals surface area contributed by atoms with E-state index in [2.05, 4.69) is 5.16 Å². The number of nitrogens with zero attached hydrogens (tertiary/aromatic N) is 2. The molecule has 3 aliphatic rings. The van der Waals surface area contributed by atoms with E-state index >= 15 is 0 Å². The SMILES string of the molecule is COc1cccc(C2C3=C(OC4C(Cl)CC(Cl)CC4C3=O)C(=O)N2c2cc(C)on2)c1. The van der Waals surface area contributed by atoms with E-state index in [-0.39, 0.29) is 16.9 Å². The van der Waals surface area contributed by atoms with Crippen LogP contribution in [0.25, 0.3) is 0 Å². The summed E-state index contributed by atoms with van der Waals surface area (Å²) in [7, 11) is 1.56. The number of hydrogen-bond acceptors (Lipinski definition) is 6. The number of hydrogen-bond donors (Lipinski definition) is 0. The van der Waals surface area contributed by atoms with Gasteiger partial charge in [-0.1, -0.05) is 17.3 Å². The lowest BCUT2D eigenvalue weighted by atomic mass is 9.77. The number of benzene rings is 1. The van der Waals surface area contributed by atoms with Crippen LogP contribution in [0.3, 0.4) is 0 Å². The zero-order chi connectivity index (χ0) is 21.9. The van der Waals surface area contributed by atoms with Crippen molar-refractivity contribution in [1.82, 2.24) is 5.16 Å². The average molecular weight is 463 g/mol. The first-order chi connectivity index (χ1) is 14.9. The lowest BCUT2D eigenvalue weighted by Crippen LogP contribution is -2.47. The summed E-state index contributed by atoms with van der Waals surface area (Å²) >= 11 is 12.8. The number of aryl methyl sites for hydroxylation is 1. The monoisotopic (exact) mass is 462 g/mol.